The van der Waals surface area contributed by atoms with Crippen molar-refractivity contribution in [1.82, 2.24) is 126 Å². The molecule has 37 N–H and O–H groups in total. The van der Waals surface area contributed by atoms with Crippen molar-refractivity contribution >= 4 is 169 Å². The molecule has 0 unspecified atom stereocenters. The normalized spacial score (nSPS) is 15.2. The third kappa shape index (κ3) is 36.7. The number of nitrogens with zero attached hydrogens (tertiary/aromatic N) is 2. The van der Waals surface area contributed by atoms with E-state index in [0.29, 0.717) is 75.2 Å². The predicted octanol–water partition coefficient (Wildman–Crippen LogP) is -10.1. The van der Waals surface area contributed by atoms with E-state index in [2.05, 4.69) is 133 Å². The molecule has 0 bridgehead atoms. The third-order valence-electron chi connectivity index (χ3n) is 24.3. The number of nitrogens with two attached hydrogens (primary N) is 5. The van der Waals surface area contributed by atoms with Crippen LogP contribution in [0.4, 0.5) is 0 Å². The lowest BCUT2D eigenvalue weighted by Crippen LogP contribution is -2.62. The number of fused-ring (bicyclic) bond motifs is 3. The number of carbonyl (C=O) groups is 20. The molecule has 0 aliphatic carbocycles. The number of primary amides is 2. The maximum Gasteiger partial charge on any atom is 0.246 e. The lowest BCUT2D eigenvalue weighted by atomic mass is 10.0. The molecule has 0 spiro atoms. The highest BCUT2D eigenvalue weighted by atomic mass is 32.1. The number of imidazole rings is 1. The Bertz CT molecular complexity index is 5840. The van der Waals surface area contributed by atoms with Crippen LogP contribution < -0.4 is 124 Å². The molecule has 3 aromatic carbocycles. The zero-order chi connectivity index (χ0) is 109. The molecule has 1 aliphatic rings. The molecular formula is C94H134N30O24S. The quantitative estimate of drug-likeness (QED) is 0.00728. The van der Waals surface area contributed by atoms with Crippen LogP contribution in [0.15, 0.2) is 104 Å². The second-order valence-corrected chi connectivity index (χ2v) is 35.9. The number of aliphatic hydroxyl groups is 4. The Labute approximate surface area is 859 Å². The number of guanidine groups is 1. The highest BCUT2D eigenvalue weighted by Crippen LogP contribution is 2.26. The van der Waals surface area contributed by atoms with Crippen LogP contribution in [0, 0.1) is 5.41 Å². The SMILES string of the molecule is CC(=O)N[C@H](CS)C(=O)N[C@@H](CO)C(=O)N[C@@H](CO)C(=O)N[C@@H](Cc1c[nH]c2ccccc12)C(=O)N1CCC[C@H]1C(=O)N[C@@H](CO)C(=O)N[C@@H](Cc1c[nH]c2ccccc12)C(=O)N[C@@H](Cc1c[nH]cn1)C(=O)N[C@@H](CO)C(=O)N[C@@H](Cc1c[nH]c2ccccc12)C(=O)NCC(=O)NCC(=O)N[C@@H](C)C(=O)N[C@@H](CCC(N)=O)C(=O)N[C@@H](CCCCN)C(=O)N[C@@H](C)C(=O)N[C@@H](CCCNC(=N)N)C(=O)N[C@@H](CCCCN)C(N)=O. The number of para-hydroxylation sites is 3. The van der Waals surface area contributed by atoms with Crippen molar-refractivity contribution in [2.75, 3.05) is 71.4 Å². The fraction of sp³-hybridized carbons (Fsp3) is 0.489. The zero-order valence-corrected chi connectivity index (χ0v) is 83.2. The summed E-state index contributed by atoms with van der Waals surface area (Å²) in [5, 5.41) is 96.0. The van der Waals surface area contributed by atoms with Crippen molar-refractivity contribution in [2.24, 2.45) is 28.7 Å². The van der Waals surface area contributed by atoms with Crippen LogP contribution in [-0.2, 0) is 122 Å². The van der Waals surface area contributed by atoms with Gasteiger partial charge in [-0.3, -0.25) is 101 Å². The molecule has 16 atom stereocenters. The summed E-state index contributed by atoms with van der Waals surface area (Å²) in [7, 11) is 0. The standard InChI is InChI=1S/C94H134N30O24S/c1-48(79(134)114-64(26-27-75(97)130)84(139)115-62(23-11-13-29-96)82(137)110-49(2)80(135)113-63(24-14-30-102-94(99)100)83(138)112-61(78(98)133)22-10-12-28-95)109-77(132)41-106-76(131)40-107-81(136)65(32-51-36-103-58-19-7-4-16-55(51)58)116-87(142)69(42-125)120-86(141)67(35-54-39-101-47-108-54)118-85(140)66(33-52-37-104-59-20-8-5-17-56(52)59)117-88(143)72(45-128)123-92(147)74-25-15-31-124(74)93(148)68(34-53-38-105-60-21-9-6-18-57(53)60)119-89(144)70(43-126)121-90(145)71(44-127)122-91(146)73(46-149)111-50(3)129/h4-9,16-21,36-39,47-49,61-74,103-105,125-128,149H,10-15,22-35,40-46,95-96H2,1-3H3,(H2,97,130)(H2,98,133)(H,101,108)(H,106,131)(H,107,136)(H,109,132)(H,110,137)(H,111,129)(H,112,138)(H,113,135)(H,114,134)(H,115,139)(H,116,142)(H,117,143)(H,118,140)(H,119,144)(H,120,141)(H,121,145)(H,122,146)(H,123,147)(H4,99,100,102)/t48-,49-,61-,62-,63-,64-,65-,66-,67-,68-,69-,70-,71-,72-,73+,74-/m0/s1. The van der Waals surface area contributed by atoms with E-state index >= 15 is 9.59 Å². The second kappa shape index (κ2) is 59.8. The number of rotatable bonds is 63. The van der Waals surface area contributed by atoms with Gasteiger partial charge in [0.2, 0.25) is 118 Å². The molecule has 20 amide bonds. The first-order valence-corrected chi connectivity index (χ1v) is 48.9. The van der Waals surface area contributed by atoms with Crippen molar-refractivity contribution in [1.29, 1.82) is 5.41 Å². The molecule has 4 aromatic heterocycles. The molecule has 0 radical (unpaired) electrons. The van der Waals surface area contributed by atoms with Gasteiger partial charge in [0.05, 0.1) is 51.5 Å². The van der Waals surface area contributed by atoms with E-state index in [9.17, 15) is 107 Å². The van der Waals surface area contributed by atoms with E-state index in [1.165, 1.54) is 26.4 Å². The summed E-state index contributed by atoms with van der Waals surface area (Å²) < 4.78 is 0. The molecular weight excluding hydrogens is 1970 g/mol. The molecule has 54 nitrogen and oxygen atoms in total. The number of hydrogen-bond donors (Lipinski definition) is 33. The van der Waals surface area contributed by atoms with Crippen LogP contribution in [0.25, 0.3) is 32.7 Å². The molecule has 5 heterocycles. The maximum atomic E-state index is 15.2. The van der Waals surface area contributed by atoms with Gasteiger partial charge in [-0.1, -0.05) is 54.6 Å². The summed E-state index contributed by atoms with van der Waals surface area (Å²) in [5.74, 6) is -20.2. The van der Waals surface area contributed by atoms with Gasteiger partial charge in [-0.2, -0.15) is 12.6 Å². The number of unbranched alkanes of at least 4 members (excludes halogenated alkanes) is 2. The van der Waals surface area contributed by atoms with E-state index < -0.39 is 274 Å². The largest absolute Gasteiger partial charge is 0.394 e. The Morgan fingerprint density at radius 2 is 0.799 bits per heavy atom. The first kappa shape index (κ1) is 119. The lowest BCUT2D eigenvalue weighted by molar-refractivity contribution is -0.143. The van der Waals surface area contributed by atoms with E-state index in [0.717, 1.165) is 11.8 Å². The van der Waals surface area contributed by atoms with Gasteiger partial charge < -0.3 is 170 Å². The molecule has 55 heteroatoms. The number of hydrogen-bond acceptors (Lipinski definition) is 29. The number of likely N-dealkylation sites (tertiary alicyclic amines) is 1. The van der Waals surface area contributed by atoms with Crippen molar-refractivity contribution in [3.8, 4) is 0 Å². The van der Waals surface area contributed by atoms with Gasteiger partial charge >= 0.3 is 0 Å². The molecule has 7 aromatic rings. The van der Waals surface area contributed by atoms with Crippen molar-refractivity contribution < 1.29 is 116 Å². The van der Waals surface area contributed by atoms with Gasteiger partial charge in [-0.05, 0) is 132 Å². The van der Waals surface area contributed by atoms with Gasteiger partial charge in [0, 0.05) is 115 Å². The van der Waals surface area contributed by atoms with Crippen LogP contribution >= 0.6 is 12.6 Å². The summed E-state index contributed by atoms with van der Waals surface area (Å²) in [6.07, 6.45) is 6.89. The van der Waals surface area contributed by atoms with Gasteiger partial charge in [-0.25, -0.2) is 4.98 Å². The summed E-state index contributed by atoms with van der Waals surface area (Å²) in [4.78, 5) is 294. The minimum atomic E-state index is -1.94. The highest BCUT2D eigenvalue weighted by molar-refractivity contribution is 7.80. The average molecular weight is 2100 g/mol. The van der Waals surface area contributed by atoms with Crippen LogP contribution in [0.2, 0.25) is 0 Å². The average Bonchev–Trinajstić information content (AvgIpc) is 1.66. The van der Waals surface area contributed by atoms with Gasteiger partial charge in [0.1, 0.15) is 96.7 Å². The number of aliphatic hydroxyl groups excluding tert-OH is 4. The van der Waals surface area contributed by atoms with E-state index in [4.69, 9.17) is 34.1 Å². The van der Waals surface area contributed by atoms with Crippen LogP contribution in [0.3, 0.4) is 0 Å². The number of nitrogens with one attached hydrogen (secondary N) is 23. The van der Waals surface area contributed by atoms with E-state index in [-0.39, 0.29) is 101 Å². The lowest BCUT2D eigenvalue weighted by Gasteiger charge is -2.31. The Hall–Kier alpha value is -15.7. The topological polar surface area (TPSA) is 872 Å². The Morgan fingerprint density at radius 3 is 1.25 bits per heavy atom. The number of amides is 20. The number of aromatic amines is 4. The monoisotopic (exact) mass is 2100 g/mol. The number of thiol groups is 1. The van der Waals surface area contributed by atoms with Gasteiger partial charge in [-0.15, -0.1) is 0 Å². The smallest absolute Gasteiger partial charge is 0.246 e. The summed E-state index contributed by atoms with van der Waals surface area (Å²) in [6.45, 7) is -1.98. The number of benzene rings is 3. The fourth-order valence-corrected chi connectivity index (χ4v) is 16.5. The Kier molecular flexibility index (Phi) is 47.5. The van der Waals surface area contributed by atoms with Crippen LogP contribution in [0.5, 0.6) is 0 Å². The third-order valence-corrected chi connectivity index (χ3v) is 24.6. The van der Waals surface area contributed by atoms with Crippen LogP contribution in [0.1, 0.15) is 120 Å². The summed E-state index contributed by atoms with van der Waals surface area (Å²) in [6, 6.07) is -4.38. The molecule has 1 aliphatic heterocycles. The number of aromatic nitrogens is 5. The molecule has 0 saturated carbocycles. The molecule has 149 heavy (non-hydrogen) atoms. The summed E-state index contributed by atoms with van der Waals surface area (Å²) >= 11 is 4.06. The van der Waals surface area contributed by atoms with Crippen molar-refractivity contribution in [3.63, 3.8) is 0 Å². The first-order chi connectivity index (χ1) is 71.2. The molecule has 1 saturated heterocycles. The number of H-pyrrole nitrogens is 4. The van der Waals surface area contributed by atoms with Crippen molar-refractivity contribution in [3.05, 3.63) is 126 Å². The number of carbonyl (C=O) groups excluding carboxylic acids is 20. The zero-order valence-electron chi connectivity index (χ0n) is 82.3. The first-order valence-electron chi connectivity index (χ1n) is 48.3. The maximum absolute atomic E-state index is 15.2. The predicted molar refractivity (Wildman–Crippen MR) is 540 cm³/mol. The molecule has 1 fully saturated rings. The second-order valence-electron chi connectivity index (χ2n) is 35.5. The fourth-order valence-electron chi connectivity index (χ4n) is 16.2. The summed E-state index contributed by atoms with van der Waals surface area (Å²) in [5.41, 5.74) is 31.1. The molecule has 810 valence electrons. The minimum Gasteiger partial charge on any atom is -0.394 e. The van der Waals surface area contributed by atoms with Gasteiger partial charge in [0.25, 0.3) is 0 Å². The Morgan fingerprint density at radius 1 is 0.416 bits per heavy atom. The molecule has 8 rings (SSSR count). The Balaban J connectivity index is 0.916. The van der Waals surface area contributed by atoms with E-state index in [1.807, 2.05) is 0 Å². The minimum absolute atomic E-state index is 0.0364. The van der Waals surface area contributed by atoms with E-state index in [1.54, 1.807) is 91.4 Å². The van der Waals surface area contributed by atoms with Crippen molar-refractivity contribution in [2.45, 2.75) is 220 Å². The van der Waals surface area contributed by atoms with Crippen LogP contribution in [-0.4, -0.2) is 342 Å². The van der Waals surface area contributed by atoms with Gasteiger partial charge in [0.15, 0.2) is 5.96 Å². The highest BCUT2D eigenvalue weighted by Gasteiger charge is 2.43.